The van der Waals surface area contributed by atoms with Gasteiger partial charge in [-0.2, -0.15) is 0 Å². The average Bonchev–Trinajstić information content (AvgIpc) is 2.80. The van der Waals surface area contributed by atoms with Crippen LogP contribution >= 0.6 is 11.8 Å². The molecule has 0 saturated carbocycles. The molecule has 1 aromatic heterocycles. The van der Waals surface area contributed by atoms with Crippen LogP contribution in [0.3, 0.4) is 0 Å². The van der Waals surface area contributed by atoms with Crippen LogP contribution in [0.4, 0.5) is 0 Å². The molecule has 0 radical (unpaired) electrons. The van der Waals surface area contributed by atoms with Gasteiger partial charge < -0.3 is 14.5 Å². The van der Waals surface area contributed by atoms with E-state index in [1.165, 1.54) is 21.5 Å². The maximum absolute atomic E-state index is 5.90. The molecule has 4 heteroatoms. The molecule has 0 amide bonds. The van der Waals surface area contributed by atoms with Gasteiger partial charge in [-0.15, -0.1) is 11.8 Å². The molecular formula is C17H23NO2S. The van der Waals surface area contributed by atoms with Crippen LogP contribution in [0, 0.1) is 5.41 Å². The molecule has 3 nitrogen and oxygen atoms in total. The number of fused-ring (bicyclic) bond motifs is 1. The molecule has 2 heterocycles. The minimum Gasteiger partial charge on any atom is -0.352 e. The van der Waals surface area contributed by atoms with Crippen LogP contribution in [0.2, 0.25) is 0 Å². The molecule has 21 heavy (non-hydrogen) atoms. The first-order valence-corrected chi connectivity index (χ1v) is 8.53. The van der Waals surface area contributed by atoms with Crippen LogP contribution in [-0.4, -0.2) is 30.2 Å². The third kappa shape index (κ3) is 3.28. The van der Waals surface area contributed by atoms with E-state index in [1.807, 2.05) is 11.8 Å². The molecule has 2 aromatic rings. The van der Waals surface area contributed by atoms with Crippen molar-refractivity contribution in [2.75, 3.05) is 19.0 Å². The van der Waals surface area contributed by atoms with Gasteiger partial charge in [0.2, 0.25) is 0 Å². The molecule has 0 spiro atoms. The Bertz CT molecular complexity index is 610. The first-order valence-electron chi connectivity index (χ1n) is 7.54. The highest BCUT2D eigenvalue weighted by Crippen LogP contribution is 2.32. The Morgan fingerprint density at radius 1 is 1.24 bits per heavy atom. The number of para-hydroxylation sites is 1. The molecule has 114 valence electrons. The number of aromatic amines is 1. The summed E-state index contributed by atoms with van der Waals surface area (Å²) in [4.78, 5) is 3.52. The van der Waals surface area contributed by atoms with E-state index in [1.54, 1.807) is 0 Å². The van der Waals surface area contributed by atoms with Gasteiger partial charge in [-0.3, -0.25) is 0 Å². The fraction of sp³-hybridized carbons (Fsp3) is 0.529. The summed E-state index contributed by atoms with van der Waals surface area (Å²) < 4.78 is 11.8. The number of rotatable bonds is 4. The Labute approximate surface area is 130 Å². The second kappa shape index (κ2) is 6.03. The number of hydrogen-bond donors (Lipinski definition) is 1. The largest absolute Gasteiger partial charge is 0.352 e. The summed E-state index contributed by atoms with van der Waals surface area (Å²) in [6, 6.07) is 8.46. The Morgan fingerprint density at radius 2 is 1.95 bits per heavy atom. The zero-order chi connectivity index (χ0) is 14.9. The van der Waals surface area contributed by atoms with Crippen molar-refractivity contribution in [2.45, 2.75) is 38.5 Å². The van der Waals surface area contributed by atoms with E-state index in [2.05, 4.69) is 50.0 Å². The van der Waals surface area contributed by atoms with Gasteiger partial charge in [-0.05, 0) is 17.4 Å². The average molecular weight is 305 g/mol. The van der Waals surface area contributed by atoms with Gasteiger partial charge in [0.1, 0.15) is 0 Å². The molecule has 3 rings (SSSR count). The lowest BCUT2D eigenvalue weighted by Gasteiger charge is -2.34. The third-order valence-electron chi connectivity index (χ3n) is 3.75. The predicted molar refractivity (Wildman–Crippen MR) is 87.9 cm³/mol. The van der Waals surface area contributed by atoms with Crippen LogP contribution in [-0.2, 0) is 15.9 Å². The lowest BCUT2D eigenvalue weighted by molar-refractivity contribution is -0.220. The van der Waals surface area contributed by atoms with E-state index in [-0.39, 0.29) is 11.7 Å². The summed E-state index contributed by atoms with van der Waals surface area (Å²) in [6.45, 7) is 8.04. The highest BCUT2D eigenvalue weighted by Gasteiger charge is 2.29. The van der Waals surface area contributed by atoms with Gasteiger partial charge in [0.05, 0.1) is 18.2 Å². The first-order chi connectivity index (χ1) is 10.1. The quantitative estimate of drug-likeness (QED) is 0.859. The maximum Gasteiger partial charge on any atom is 0.161 e. The van der Waals surface area contributed by atoms with Gasteiger partial charge in [0.15, 0.2) is 6.29 Å². The summed E-state index contributed by atoms with van der Waals surface area (Å²) in [7, 11) is 0. The molecule has 1 aromatic carbocycles. The van der Waals surface area contributed by atoms with E-state index < -0.39 is 0 Å². The summed E-state index contributed by atoms with van der Waals surface area (Å²) in [5.41, 5.74) is 2.64. The number of thioether (sulfide) groups is 1. The van der Waals surface area contributed by atoms with E-state index >= 15 is 0 Å². The van der Waals surface area contributed by atoms with Crippen molar-refractivity contribution in [2.24, 2.45) is 5.41 Å². The third-order valence-corrected chi connectivity index (χ3v) is 4.68. The monoisotopic (exact) mass is 305 g/mol. The van der Waals surface area contributed by atoms with Gasteiger partial charge >= 0.3 is 0 Å². The predicted octanol–water partition coefficient (Wildman–Crippen LogP) is 4.22. The first kappa shape index (κ1) is 14.9. The summed E-state index contributed by atoms with van der Waals surface area (Å²) in [5.74, 6) is 1.05. The van der Waals surface area contributed by atoms with E-state index in [9.17, 15) is 0 Å². The Kier molecular flexibility index (Phi) is 4.29. The smallest absolute Gasteiger partial charge is 0.161 e. The molecule has 0 aliphatic carbocycles. The van der Waals surface area contributed by atoms with Crippen molar-refractivity contribution in [1.29, 1.82) is 0 Å². The van der Waals surface area contributed by atoms with Crippen molar-refractivity contribution >= 4 is 22.7 Å². The van der Waals surface area contributed by atoms with Gasteiger partial charge in [0.25, 0.3) is 0 Å². The maximum atomic E-state index is 5.90. The summed E-state index contributed by atoms with van der Waals surface area (Å²) in [6.07, 6.45) is 0.677. The van der Waals surface area contributed by atoms with Crippen molar-refractivity contribution < 1.29 is 9.47 Å². The number of nitrogens with one attached hydrogen (secondary N) is 1. The van der Waals surface area contributed by atoms with Crippen LogP contribution in [0.5, 0.6) is 0 Å². The van der Waals surface area contributed by atoms with Crippen LogP contribution in [0.25, 0.3) is 10.9 Å². The number of aromatic nitrogens is 1. The van der Waals surface area contributed by atoms with E-state index in [4.69, 9.17) is 9.47 Å². The molecule has 0 unspecified atom stereocenters. The van der Waals surface area contributed by atoms with Crippen molar-refractivity contribution in [1.82, 2.24) is 4.98 Å². The van der Waals surface area contributed by atoms with E-state index in [0.717, 1.165) is 25.4 Å². The van der Waals surface area contributed by atoms with Crippen molar-refractivity contribution in [3.8, 4) is 0 Å². The highest BCUT2D eigenvalue weighted by molar-refractivity contribution is 7.99. The van der Waals surface area contributed by atoms with Gasteiger partial charge in [0, 0.05) is 22.7 Å². The zero-order valence-corrected chi connectivity index (χ0v) is 13.8. The standard InChI is InChI=1S/C17H23NO2S/c1-4-21-16-13(12-7-5-6-8-14(12)18-16)9-15-19-10-17(2,3)11-20-15/h5-8,15,18H,4,9-11H2,1-3H3. The summed E-state index contributed by atoms with van der Waals surface area (Å²) in [5, 5.41) is 2.53. The van der Waals surface area contributed by atoms with Gasteiger partial charge in [-0.25, -0.2) is 0 Å². The minimum atomic E-state index is -0.131. The van der Waals surface area contributed by atoms with Crippen LogP contribution in [0.1, 0.15) is 26.3 Å². The molecule has 0 atom stereocenters. The number of benzene rings is 1. The van der Waals surface area contributed by atoms with E-state index in [0.29, 0.717) is 0 Å². The van der Waals surface area contributed by atoms with Crippen molar-refractivity contribution in [3.05, 3.63) is 29.8 Å². The fourth-order valence-electron chi connectivity index (χ4n) is 2.66. The second-order valence-corrected chi connectivity index (χ2v) is 7.61. The second-order valence-electron chi connectivity index (χ2n) is 6.33. The lowest BCUT2D eigenvalue weighted by Crippen LogP contribution is -2.38. The normalized spacial score (nSPS) is 19.2. The fourth-order valence-corrected chi connectivity index (χ4v) is 3.50. The Hall–Kier alpha value is -0.970. The number of ether oxygens (including phenoxy) is 2. The topological polar surface area (TPSA) is 34.2 Å². The molecule has 1 aliphatic heterocycles. The molecule has 0 bridgehead atoms. The lowest BCUT2D eigenvalue weighted by atomic mass is 9.95. The number of hydrogen-bond acceptors (Lipinski definition) is 3. The zero-order valence-electron chi connectivity index (χ0n) is 12.9. The summed E-state index contributed by atoms with van der Waals surface area (Å²) >= 11 is 1.85. The Morgan fingerprint density at radius 3 is 2.67 bits per heavy atom. The van der Waals surface area contributed by atoms with Gasteiger partial charge in [-0.1, -0.05) is 39.0 Å². The minimum absolute atomic E-state index is 0.123. The molecule has 1 saturated heterocycles. The Balaban J connectivity index is 1.84. The molecular weight excluding hydrogens is 282 g/mol. The van der Waals surface area contributed by atoms with Crippen molar-refractivity contribution in [3.63, 3.8) is 0 Å². The highest BCUT2D eigenvalue weighted by atomic mass is 32.2. The van der Waals surface area contributed by atoms with Crippen LogP contribution < -0.4 is 0 Å². The molecule has 1 N–H and O–H groups in total. The molecule has 1 aliphatic rings. The number of H-pyrrole nitrogens is 1. The van der Waals surface area contributed by atoms with Crippen LogP contribution in [0.15, 0.2) is 29.3 Å². The molecule has 1 fully saturated rings. The SMILES string of the molecule is CCSc1[nH]c2ccccc2c1CC1OCC(C)(C)CO1.